The van der Waals surface area contributed by atoms with Crippen LogP contribution in [0.2, 0.25) is 0 Å². The number of anilines is 1. The lowest BCUT2D eigenvalue weighted by Gasteiger charge is -2.37. The molecule has 23 heavy (non-hydrogen) atoms. The Hall–Kier alpha value is -1.59. The molecule has 2 rings (SSSR count). The standard InChI is InChI=1S/C18H27NO4/c1-14-5-4-10-18(13-14,22-3)17(20)19-15-6-8-16(9-7-15)23-12-11-21-2/h6-9,14H,4-5,10-13H2,1-3H3,(H,19,20). The highest BCUT2D eigenvalue weighted by Crippen LogP contribution is 2.35. The van der Waals surface area contributed by atoms with Crippen molar-refractivity contribution in [3.8, 4) is 5.75 Å². The topological polar surface area (TPSA) is 56.8 Å². The first-order valence-corrected chi connectivity index (χ1v) is 8.18. The second-order valence-corrected chi connectivity index (χ2v) is 6.22. The van der Waals surface area contributed by atoms with Crippen LogP contribution in [0, 0.1) is 5.92 Å². The molecule has 1 saturated carbocycles. The number of methoxy groups -OCH3 is 2. The zero-order valence-electron chi connectivity index (χ0n) is 14.3. The van der Waals surface area contributed by atoms with Gasteiger partial charge in [0.2, 0.25) is 0 Å². The van der Waals surface area contributed by atoms with E-state index in [1.54, 1.807) is 14.2 Å². The van der Waals surface area contributed by atoms with Gasteiger partial charge in [-0.1, -0.05) is 13.3 Å². The Bertz CT molecular complexity index is 502. The summed E-state index contributed by atoms with van der Waals surface area (Å²) in [7, 11) is 3.27. The fourth-order valence-corrected chi connectivity index (χ4v) is 3.11. The van der Waals surface area contributed by atoms with E-state index >= 15 is 0 Å². The van der Waals surface area contributed by atoms with Crippen LogP contribution in [0.5, 0.6) is 5.75 Å². The Morgan fingerprint density at radius 2 is 2.00 bits per heavy atom. The predicted molar refractivity (Wildman–Crippen MR) is 89.8 cm³/mol. The quantitative estimate of drug-likeness (QED) is 0.783. The van der Waals surface area contributed by atoms with Crippen LogP contribution in [0.1, 0.15) is 32.6 Å². The van der Waals surface area contributed by atoms with Crippen molar-refractivity contribution in [2.24, 2.45) is 5.92 Å². The highest BCUT2D eigenvalue weighted by Gasteiger charge is 2.41. The molecule has 1 aromatic rings. The molecule has 2 atom stereocenters. The van der Waals surface area contributed by atoms with Crippen molar-refractivity contribution >= 4 is 11.6 Å². The summed E-state index contributed by atoms with van der Waals surface area (Å²) < 4.78 is 16.1. The maximum Gasteiger partial charge on any atom is 0.256 e. The number of rotatable bonds is 7. The number of amides is 1. The molecule has 0 spiro atoms. The molecule has 5 heteroatoms. The number of carbonyl (C=O) groups is 1. The third kappa shape index (κ3) is 4.69. The van der Waals surface area contributed by atoms with Gasteiger partial charge >= 0.3 is 0 Å². The molecule has 2 unspecified atom stereocenters. The number of carbonyl (C=O) groups excluding carboxylic acids is 1. The average molecular weight is 321 g/mol. The van der Waals surface area contributed by atoms with Crippen LogP contribution in [0.25, 0.3) is 0 Å². The zero-order valence-corrected chi connectivity index (χ0v) is 14.3. The minimum absolute atomic E-state index is 0.0559. The molecule has 0 radical (unpaired) electrons. The third-order valence-electron chi connectivity index (χ3n) is 4.43. The van der Waals surface area contributed by atoms with E-state index in [9.17, 15) is 4.79 Å². The Balaban J connectivity index is 1.96. The molecule has 1 aromatic carbocycles. The molecule has 1 aliphatic carbocycles. The Labute approximate surface area is 138 Å². The van der Waals surface area contributed by atoms with Crippen LogP contribution in [0.15, 0.2) is 24.3 Å². The summed E-state index contributed by atoms with van der Waals surface area (Å²) in [6.45, 7) is 3.23. The number of hydrogen-bond acceptors (Lipinski definition) is 4. The van der Waals surface area contributed by atoms with Gasteiger partial charge in [0.15, 0.2) is 0 Å². The Morgan fingerprint density at radius 1 is 1.26 bits per heavy atom. The first kappa shape index (κ1) is 17.8. The number of hydrogen-bond donors (Lipinski definition) is 1. The van der Waals surface area contributed by atoms with Crippen molar-refractivity contribution in [2.75, 3.05) is 32.8 Å². The fraction of sp³-hybridized carbons (Fsp3) is 0.611. The van der Waals surface area contributed by atoms with Crippen molar-refractivity contribution < 1.29 is 19.0 Å². The van der Waals surface area contributed by atoms with Crippen molar-refractivity contribution in [1.29, 1.82) is 0 Å². The van der Waals surface area contributed by atoms with E-state index < -0.39 is 5.60 Å². The molecule has 1 fully saturated rings. The van der Waals surface area contributed by atoms with Crippen LogP contribution in [-0.2, 0) is 14.3 Å². The monoisotopic (exact) mass is 321 g/mol. The Morgan fingerprint density at radius 3 is 2.61 bits per heavy atom. The van der Waals surface area contributed by atoms with E-state index in [1.807, 2.05) is 24.3 Å². The van der Waals surface area contributed by atoms with E-state index in [2.05, 4.69) is 12.2 Å². The molecule has 0 heterocycles. The largest absolute Gasteiger partial charge is 0.491 e. The van der Waals surface area contributed by atoms with Crippen molar-refractivity contribution in [2.45, 2.75) is 38.2 Å². The molecule has 0 saturated heterocycles. The van der Waals surface area contributed by atoms with Gasteiger partial charge in [-0.25, -0.2) is 0 Å². The lowest BCUT2D eigenvalue weighted by atomic mass is 9.78. The molecule has 0 bridgehead atoms. The lowest BCUT2D eigenvalue weighted by Crippen LogP contribution is -2.47. The SMILES string of the molecule is COCCOc1ccc(NC(=O)C2(OC)CCCC(C)C2)cc1. The van der Waals surface area contributed by atoms with E-state index in [0.717, 1.165) is 37.1 Å². The number of benzene rings is 1. The summed E-state index contributed by atoms with van der Waals surface area (Å²) in [4.78, 5) is 12.7. The van der Waals surface area contributed by atoms with Gasteiger partial charge in [-0.2, -0.15) is 0 Å². The van der Waals surface area contributed by atoms with Crippen molar-refractivity contribution in [3.63, 3.8) is 0 Å². The highest BCUT2D eigenvalue weighted by molar-refractivity contribution is 5.97. The average Bonchev–Trinajstić information content (AvgIpc) is 2.56. The van der Waals surface area contributed by atoms with Gasteiger partial charge in [0, 0.05) is 19.9 Å². The second kappa shape index (κ2) is 8.31. The van der Waals surface area contributed by atoms with Crippen LogP contribution < -0.4 is 10.1 Å². The molecular formula is C18H27NO4. The molecule has 5 nitrogen and oxygen atoms in total. The summed E-state index contributed by atoms with van der Waals surface area (Å²) in [5.74, 6) is 1.21. The maximum absolute atomic E-state index is 12.7. The third-order valence-corrected chi connectivity index (χ3v) is 4.43. The summed E-state index contributed by atoms with van der Waals surface area (Å²) in [6.07, 6.45) is 3.73. The molecule has 0 aliphatic heterocycles. The van der Waals surface area contributed by atoms with E-state index in [1.165, 1.54) is 0 Å². The second-order valence-electron chi connectivity index (χ2n) is 6.22. The highest BCUT2D eigenvalue weighted by atomic mass is 16.5. The predicted octanol–water partition coefficient (Wildman–Crippen LogP) is 3.25. The summed E-state index contributed by atoms with van der Waals surface area (Å²) >= 11 is 0. The van der Waals surface area contributed by atoms with Crippen LogP contribution in [-0.4, -0.2) is 38.9 Å². The van der Waals surface area contributed by atoms with E-state index in [4.69, 9.17) is 14.2 Å². The van der Waals surface area contributed by atoms with Gasteiger partial charge in [-0.05, 0) is 49.4 Å². The van der Waals surface area contributed by atoms with Gasteiger partial charge < -0.3 is 19.5 Å². The van der Waals surface area contributed by atoms with E-state index in [0.29, 0.717) is 19.1 Å². The lowest BCUT2D eigenvalue weighted by molar-refractivity contribution is -0.143. The van der Waals surface area contributed by atoms with Crippen molar-refractivity contribution in [1.82, 2.24) is 0 Å². The van der Waals surface area contributed by atoms with Gasteiger partial charge in [0.05, 0.1) is 6.61 Å². The first-order chi connectivity index (χ1) is 11.1. The summed E-state index contributed by atoms with van der Waals surface area (Å²) in [6, 6.07) is 7.37. The fourth-order valence-electron chi connectivity index (χ4n) is 3.11. The summed E-state index contributed by atoms with van der Waals surface area (Å²) in [5.41, 5.74) is 0.0504. The smallest absolute Gasteiger partial charge is 0.256 e. The van der Waals surface area contributed by atoms with Gasteiger partial charge in [0.1, 0.15) is 18.0 Å². The number of ether oxygens (including phenoxy) is 3. The van der Waals surface area contributed by atoms with Gasteiger partial charge in [-0.15, -0.1) is 0 Å². The molecule has 128 valence electrons. The van der Waals surface area contributed by atoms with E-state index in [-0.39, 0.29) is 5.91 Å². The van der Waals surface area contributed by atoms with Gasteiger partial charge in [-0.3, -0.25) is 4.79 Å². The van der Waals surface area contributed by atoms with Crippen LogP contribution in [0.4, 0.5) is 5.69 Å². The molecule has 1 aliphatic rings. The van der Waals surface area contributed by atoms with Crippen LogP contribution in [0.3, 0.4) is 0 Å². The zero-order chi connectivity index (χ0) is 16.7. The number of nitrogens with one attached hydrogen (secondary N) is 1. The normalized spacial score (nSPS) is 24.2. The maximum atomic E-state index is 12.7. The first-order valence-electron chi connectivity index (χ1n) is 8.18. The minimum atomic E-state index is -0.703. The Kier molecular flexibility index (Phi) is 6.42. The summed E-state index contributed by atoms with van der Waals surface area (Å²) in [5, 5.41) is 2.97. The van der Waals surface area contributed by atoms with Crippen LogP contribution >= 0.6 is 0 Å². The van der Waals surface area contributed by atoms with Crippen molar-refractivity contribution in [3.05, 3.63) is 24.3 Å². The molecule has 0 aromatic heterocycles. The van der Waals surface area contributed by atoms with Gasteiger partial charge in [0.25, 0.3) is 5.91 Å². The molecule has 1 N–H and O–H groups in total. The minimum Gasteiger partial charge on any atom is -0.491 e. The molecule has 1 amide bonds. The molecular weight excluding hydrogens is 294 g/mol.